The van der Waals surface area contributed by atoms with E-state index in [-0.39, 0.29) is 17.4 Å². The fourth-order valence-electron chi connectivity index (χ4n) is 2.04. The highest BCUT2D eigenvalue weighted by atomic mass is 16.5. The fourth-order valence-corrected chi connectivity index (χ4v) is 2.04. The Morgan fingerprint density at radius 2 is 2.05 bits per heavy atom. The average Bonchev–Trinajstić information content (AvgIpc) is 2.45. The van der Waals surface area contributed by atoms with Crippen LogP contribution >= 0.6 is 0 Å². The van der Waals surface area contributed by atoms with E-state index in [0.717, 1.165) is 12.3 Å². The number of carbonyl (C=O) groups is 1. The number of benzene rings is 1. The molecule has 1 aromatic rings. The van der Waals surface area contributed by atoms with Crippen LogP contribution in [0.15, 0.2) is 24.3 Å². The van der Waals surface area contributed by atoms with Gasteiger partial charge >= 0.3 is 5.97 Å². The van der Waals surface area contributed by atoms with Crippen molar-refractivity contribution in [3.63, 3.8) is 0 Å². The van der Waals surface area contributed by atoms with E-state index in [9.17, 15) is 4.79 Å². The van der Waals surface area contributed by atoms with Crippen LogP contribution in [-0.4, -0.2) is 32.3 Å². The first-order valence-corrected chi connectivity index (χ1v) is 7.43. The maximum Gasteiger partial charge on any atom is 0.322 e. The second-order valence-electron chi connectivity index (χ2n) is 6.05. The van der Waals surface area contributed by atoms with E-state index in [0.29, 0.717) is 13.0 Å². The van der Waals surface area contributed by atoms with Crippen molar-refractivity contribution >= 4 is 5.97 Å². The average molecular weight is 293 g/mol. The molecule has 0 saturated heterocycles. The minimum absolute atomic E-state index is 0.0949. The number of rotatable bonds is 7. The van der Waals surface area contributed by atoms with Crippen LogP contribution in [0.3, 0.4) is 0 Å². The summed E-state index contributed by atoms with van der Waals surface area (Å²) >= 11 is 0. The summed E-state index contributed by atoms with van der Waals surface area (Å²) in [6.45, 7) is 9.67. The van der Waals surface area contributed by atoms with Crippen molar-refractivity contribution in [3.05, 3.63) is 29.8 Å². The minimum Gasteiger partial charge on any atom is -0.494 e. The van der Waals surface area contributed by atoms with Crippen LogP contribution in [0.2, 0.25) is 0 Å². The summed E-state index contributed by atoms with van der Waals surface area (Å²) in [5.74, 6) is 0.589. The Hall–Kier alpha value is -1.55. The third-order valence-electron chi connectivity index (χ3n) is 3.31. The third kappa shape index (κ3) is 5.76. The lowest BCUT2D eigenvalue weighted by Gasteiger charge is -2.20. The predicted molar refractivity (Wildman–Crippen MR) is 84.7 cm³/mol. The van der Waals surface area contributed by atoms with Crippen LogP contribution in [0.25, 0.3) is 0 Å². The molecule has 1 atom stereocenters. The number of ether oxygens (including phenoxy) is 2. The van der Waals surface area contributed by atoms with Crippen molar-refractivity contribution in [3.8, 4) is 5.75 Å². The molecule has 1 aromatic carbocycles. The molecule has 1 unspecified atom stereocenters. The zero-order valence-electron chi connectivity index (χ0n) is 13.7. The summed E-state index contributed by atoms with van der Waals surface area (Å²) in [5.41, 5.74) is 1.33. The van der Waals surface area contributed by atoms with Crippen LogP contribution in [0.1, 0.15) is 39.7 Å². The van der Waals surface area contributed by atoms with Crippen LogP contribution in [0.4, 0.5) is 0 Å². The maximum absolute atomic E-state index is 11.6. The van der Waals surface area contributed by atoms with Gasteiger partial charge in [0, 0.05) is 6.42 Å². The van der Waals surface area contributed by atoms with Gasteiger partial charge in [-0.25, -0.2) is 0 Å². The van der Waals surface area contributed by atoms with E-state index in [4.69, 9.17) is 9.47 Å². The van der Waals surface area contributed by atoms with Gasteiger partial charge in [0.15, 0.2) is 0 Å². The summed E-state index contributed by atoms with van der Waals surface area (Å²) in [7, 11) is 1.40. The molecule has 0 aliphatic heterocycles. The second-order valence-corrected chi connectivity index (χ2v) is 6.05. The van der Waals surface area contributed by atoms with Gasteiger partial charge in [0.1, 0.15) is 11.8 Å². The Morgan fingerprint density at radius 3 is 2.62 bits per heavy atom. The highest BCUT2D eigenvalue weighted by molar-refractivity contribution is 5.75. The number of methoxy groups -OCH3 is 1. The van der Waals surface area contributed by atoms with Gasteiger partial charge in [0.05, 0.1) is 13.7 Å². The summed E-state index contributed by atoms with van der Waals surface area (Å²) < 4.78 is 10.5. The van der Waals surface area contributed by atoms with Gasteiger partial charge in [0.2, 0.25) is 0 Å². The summed E-state index contributed by atoms with van der Waals surface area (Å²) in [6.07, 6.45) is 0.584. The Morgan fingerprint density at radius 1 is 1.33 bits per heavy atom. The molecule has 0 amide bonds. The largest absolute Gasteiger partial charge is 0.494 e. The molecular weight excluding hydrogens is 266 g/mol. The number of nitrogens with one attached hydrogen (secondary N) is 1. The van der Waals surface area contributed by atoms with Gasteiger partial charge in [-0.05, 0) is 29.7 Å². The number of likely N-dealkylation sites (N-methyl/N-ethyl adjacent to an activating group) is 1. The predicted octanol–water partition coefficient (Wildman–Crippen LogP) is 2.90. The third-order valence-corrected chi connectivity index (χ3v) is 3.31. The van der Waals surface area contributed by atoms with E-state index in [1.54, 1.807) is 0 Å². The minimum atomic E-state index is -0.314. The lowest BCUT2D eigenvalue weighted by Crippen LogP contribution is -2.38. The number of carbonyl (C=O) groups excluding carboxylic acids is 1. The molecule has 0 radical (unpaired) electrons. The molecule has 118 valence electrons. The zero-order chi connectivity index (χ0) is 15.9. The SMILES string of the molecule is CCNC(CCOc1cccc(C(C)(C)C)c1)C(=O)OC. The van der Waals surface area contributed by atoms with Crippen molar-refractivity contribution in [2.75, 3.05) is 20.3 Å². The van der Waals surface area contributed by atoms with E-state index in [2.05, 4.69) is 38.2 Å². The van der Waals surface area contributed by atoms with E-state index in [1.165, 1.54) is 12.7 Å². The Balaban J connectivity index is 2.57. The monoisotopic (exact) mass is 293 g/mol. The first kappa shape index (κ1) is 17.5. The smallest absolute Gasteiger partial charge is 0.322 e. The van der Waals surface area contributed by atoms with Gasteiger partial charge in [-0.2, -0.15) is 0 Å². The van der Waals surface area contributed by atoms with Crippen molar-refractivity contribution in [2.45, 2.75) is 45.6 Å². The Bertz CT molecular complexity index is 452. The molecule has 0 aromatic heterocycles. The van der Waals surface area contributed by atoms with E-state index < -0.39 is 0 Å². The van der Waals surface area contributed by atoms with Gasteiger partial charge in [-0.3, -0.25) is 4.79 Å². The molecule has 0 bridgehead atoms. The molecule has 21 heavy (non-hydrogen) atoms. The highest BCUT2D eigenvalue weighted by Crippen LogP contribution is 2.25. The number of hydrogen-bond acceptors (Lipinski definition) is 4. The first-order valence-electron chi connectivity index (χ1n) is 7.43. The van der Waals surface area contributed by atoms with Crippen LogP contribution in [-0.2, 0) is 14.9 Å². The molecule has 1 N–H and O–H groups in total. The summed E-state index contributed by atoms with van der Waals surface area (Å²) in [5, 5.41) is 3.10. The van der Waals surface area contributed by atoms with E-state index in [1.807, 2.05) is 19.1 Å². The Kier molecular flexibility index (Phi) is 6.69. The standard InChI is InChI=1S/C17H27NO3/c1-6-18-15(16(19)20-5)10-11-21-14-9-7-8-13(12-14)17(2,3)4/h7-9,12,15,18H,6,10-11H2,1-5H3. The topological polar surface area (TPSA) is 47.6 Å². The second kappa shape index (κ2) is 8.03. The number of hydrogen-bond donors (Lipinski definition) is 1. The summed E-state index contributed by atoms with van der Waals surface area (Å²) in [4.78, 5) is 11.6. The van der Waals surface area contributed by atoms with Crippen LogP contribution < -0.4 is 10.1 Å². The van der Waals surface area contributed by atoms with Crippen molar-refractivity contribution < 1.29 is 14.3 Å². The van der Waals surface area contributed by atoms with Gasteiger partial charge in [-0.15, -0.1) is 0 Å². The normalized spacial score (nSPS) is 12.8. The van der Waals surface area contributed by atoms with Gasteiger partial charge in [-0.1, -0.05) is 39.8 Å². The zero-order valence-corrected chi connectivity index (χ0v) is 13.7. The van der Waals surface area contributed by atoms with Crippen LogP contribution in [0, 0.1) is 0 Å². The Labute approximate surface area is 127 Å². The summed E-state index contributed by atoms with van der Waals surface area (Å²) in [6, 6.07) is 7.78. The molecule has 0 heterocycles. The molecule has 1 rings (SSSR count). The van der Waals surface area contributed by atoms with Crippen molar-refractivity contribution in [1.82, 2.24) is 5.32 Å². The molecule has 4 nitrogen and oxygen atoms in total. The highest BCUT2D eigenvalue weighted by Gasteiger charge is 2.18. The van der Waals surface area contributed by atoms with Gasteiger partial charge < -0.3 is 14.8 Å². The lowest BCUT2D eigenvalue weighted by molar-refractivity contribution is -0.143. The first-order chi connectivity index (χ1) is 9.88. The maximum atomic E-state index is 11.6. The molecular formula is C17H27NO3. The van der Waals surface area contributed by atoms with Crippen molar-refractivity contribution in [1.29, 1.82) is 0 Å². The molecule has 0 spiro atoms. The molecule has 0 aliphatic rings. The molecule has 0 aliphatic carbocycles. The quantitative estimate of drug-likeness (QED) is 0.785. The van der Waals surface area contributed by atoms with Crippen LogP contribution in [0.5, 0.6) is 5.75 Å². The van der Waals surface area contributed by atoms with Crippen molar-refractivity contribution in [2.24, 2.45) is 0 Å². The molecule has 0 saturated carbocycles. The molecule has 4 heteroatoms. The number of esters is 1. The molecule has 0 fully saturated rings. The lowest BCUT2D eigenvalue weighted by atomic mass is 9.87. The van der Waals surface area contributed by atoms with Gasteiger partial charge in [0.25, 0.3) is 0 Å². The fraction of sp³-hybridized carbons (Fsp3) is 0.588. The van der Waals surface area contributed by atoms with E-state index >= 15 is 0 Å².